The van der Waals surface area contributed by atoms with Crippen molar-refractivity contribution >= 4 is 33.0 Å². The number of hydrogen-bond acceptors (Lipinski definition) is 4. The molecule has 2 aromatic rings. The first kappa shape index (κ1) is 12.7. The van der Waals surface area contributed by atoms with Crippen molar-refractivity contribution in [3.8, 4) is 0 Å². The molecule has 0 atom stereocenters. The largest absolute Gasteiger partial charge is 0.397 e. The standard InChI is InChI=1S/C10H11ClN4O2S/c1-15-6-8(5-13-15)18(16,17)14-10-3-2-7(11)4-9(10)12/h2-6,14H,12H2,1H3. The van der Waals surface area contributed by atoms with E-state index in [0.717, 1.165) is 0 Å². The van der Waals surface area contributed by atoms with E-state index in [2.05, 4.69) is 9.82 Å². The first-order valence-corrected chi connectivity index (χ1v) is 6.81. The van der Waals surface area contributed by atoms with E-state index in [0.29, 0.717) is 5.02 Å². The molecule has 0 bridgehead atoms. The van der Waals surface area contributed by atoms with Crippen molar-refractivity contribution in [3.63, 3.8) is 0 Å². The van der Waals surface area contributed by atoms with Crippen LogP contribution < -0.4 is 10.5 Å². The summed E-state index contributed by atoms with van der Waals surface area (Å²) in [7, 11) is -2.05. The molecular weight excluding hydrogens is 276 g/mol. The maximum Gasteiger partial charge on any atom is 0.265 e. The Bertz CT molecular complexity index is 681. The van der Waals surface area contributed by atoms with E-state index in [1.54, 1.807) is 13.1 Å². The summed E-state index contributed by atoms with van der Waals surface area (Å²) in [5, 5.41) is 4.25. The van der Waals surface area contributed by atoms with Gasteiger partial charge in [0.15, 0.2) is 0 Å². The van der Waals surface area contributed by atoms with E-state index >= 15 is 0 Å². The quantitative estimate of drug-likeness (QED) is 0.836. The molecule has 0 amide bonds. The third kappa shape index (κ3) is 2.57. The fourth-order valence-electron chi connectivity index (χ4n) is 1.37. The molecular formula is C10H11ClN4O2S. The lowest BCUT2D eigenvalue weighted by molar-refractivity contribution is 0.601. The zero-order valence-electron chi connectivity index (χ0n) is 9.46. The van der Waals surface area contributed by atoms with Gasteiger partial charge in [-0.25, -0.2) is 8.42 Å². The van der Waals surface area contributed by atoms with E-state index in [4.69, 9.17) is 17.3 Å². The Morgan fingerprint density at radius 3 is 2.72 bits per heavy atom. The van der Waals surface area contributed by atoms with Crippen LogP contribution in [-0.2, 0) is 17.1 Å². The van der Waals surface area contributed by atoms with Gasteiger partial charge >= 0.3 is 0 Å². The zero-order chi connectivity index (χ0) is 13.3. The van der Waals surface area contributed by atoms with Crippen LogP contribution in [0.15, 0.2) is 35.5 Å². The van der Waals surface area contributed by atoms with Crippen LogP contribution >= 0.6 is 11.6 Å². The van der Waals surface area contributed by atoms with Gasteiger partial charge in [-0.3, -0.25) is 9.40 Å². The molecule has 1 heterocycles. The Labute approximate surface area is 109 Å². The summed E-state index contributed by atoms with van der Waals surface area (Å²) < 4.78 is 27.8. The Morgan fingerprint density at radius 1 is 1.44 bits per heavy atom. The third-order valence-electron chi connectivity index (χ3n) is 2.25. The van der Waals surface area contributed by atoms with Crippen LogP contribution in [0.1, 0.15) is 0 Å². The second kappa shape index (κ2) is 4.51. The summed E-state index contributed by atoms with van der Waals surface area (Å²) in [6.45, 7) is 0. The SMILES string of the molecule is Cn1cc(S(=O)(=O)Nc2ccc(Cl)cc2N)cn1. The number of hydrogen-bond donors (Lipinski definition) is 2. The molecule has 0 aliphatic carbocycles. The Hall–Kier alpha value is -1.73. The summed E-state index contributed by atoms with van der Waals surface area (Å²) in [4.78, 5) is 0.0688. The van der Waals surface area contributed by atoms with Crippen molar-refractivity contribution in [1.82, 2.24) is 9.78 Å². The van der Waals surface area contributed by atoms with Gasteiger partial charge < -0.3 is 5.73 Å². The summed E-state index contributed by atoms with van der Waals surface area (Å²) in [6, 6.07) is 4.53. The van der Waals surface area contributed by atoms with Gasteiger partial charge in [0.2, 0.25) is 0 Å². The number of halogens is 1. The van der Waals surface area contributed by atoms with E-state index in [9.17, 15) is 8.42 Å². The van der Waals surface area contributed by atoms with Gasteiger partial charge in [-0.1, -0.05) is 11.6 Å². The maximum absolute atomic E-state index is 12.0. The number of anilines is 2. The van der Waals surface area contributed by atoms with Crippen LogP contribution in [0, 0.1) is 0 Å². The minimum absolute atomic E-state index is 0.0688. The summed E-state index contributed by atoms with van der Waals surface area (Å²) in [6.07, 6.45) is 2.66. The molecule has 0 fully saturated rings. The monoisotopic (exact) mass is 286 g/mol. The molecule has 96 valence electrons. The molecule has 0 aliphatic rings. The normalized spacial score (nSPS) is 11.4. The summed E-state index contributed by atoms with van der Waals surface area (Å²) in [5.74, 6) is 0. The van der Waals surface area contributed by atoms with E-state index in [-0.39, 0.29) is 16.3 Å². The predicted octanol–water partition coefficient (Wildman–Crippen LogP) is 1.46. The minimum atomic E-state index is -3.68. The average molecular weight is 287 g/mol. The summed E-state index contributed by atoms with van der Waals surface area (Å²) >= 11 is 5.74. The Balaban J connectivity index is 2.33. The average Bonchev–Trinajstić information content (AvgIpc) is 2.70. The molecule has 0 radical (unpaired) electrons. The number of rotatable bonds is 3. The third-order valence-corrected chi connectivity index (χ3v) is 3.80. The highest BCUT2D eigenvalue weighted by Gasteiger charge is 2.17. The minimum Gasteiger partial charge on any atom is -0.397 e. The Morgan fingerprint density at radius 2 is 2.17 bits per heavy atom. The number of aromatic nitrogens is 2. The van der Waals surface area contributed by atoms with Gasteiger partial charge in [0.25, 0.3) is 10.0 Å². The fraction of sp³-hybridized carbons (Fsp3) is 0.100. The van der Waals surface area contributed by atoms with E-state index in [1.807, 2.05) is 0 Å². The van der Waals surface area contributed by atoms with Crippen LogP contribution in [0.2, 0.25) is 5.02 Å². The van der Waals surface area contributed by atoms with E-state index in [1.165, 1.54) is 29.2 Å². The Kier molecular flexibility index (Phi) is 3.18. The van der Waals surface area contributed by atoms with E-state index < -0.39 is 10.0 Å². The number of nitrogens with two attached hydrogens (primary N) is 1. The highest BCUT2D eigenvalue weighted by molar-refractivity contribution is 7.92. The van der Waals surface area contributed by atoms with Crippen molar-refractivity contribution in [2.45, 2.75) is 4.90 Å². The lowest BCUT2D eigenvalue weighted by Gasteiger charge is -2.08. The molecule has 0 unspecified atom stereocenters. The lowest BCUT2D eigenvalue weighted by Crippen LogP contribution is -2.13. The van der Waals surface area contributed by atoms with Crippen LogP contribution in [0.4, 0.5) is 11.4 Å². The van der Waals surface area contributed by atoms with Crippen molar-refractivity contribution in [2.24, 2.45) is 7.05 Å². The van der Waals surface area contributed by atoms with Gasteiger partial charge in [0.1, 0.15) is 4.90 Å². The molecule has 6 nitrogen and oxygen atoms in total. The zero-order valence-corrected chi connectivity index (χ0v) is 11.0. The number of nitrogens with zero attached hydrogens (tertiary/aromatic N) is 2. The van der Waals surface area contributed by atoms with Crippen molar-refractivity contribution in [1.29, 1.82) is 0 Å². The molecule has 0 spiro atoms. The van der Waals surface area contributed by atoms with Gasteiger partial charge in [-0.2, -0.15) is 5.10 Å². The first-order chi connectivity index (χ1) is 8.38. The number of nitrogens with one attached hydrogen (secondary N) is 1. The molecule has 18 heavy (non-hydrogen) atoms. The molecule has 3 N–H and O–H groups in total. The molecule has 0 aliphatic heterocycles. The topological polar surface area (TPSA) is 90.0 Å². The number of aryl methyl sites for hydroxylation is 1. The van der Waals surface area contributed by atoms with Crippen molar-refractivity contribution < 1.29 is 8.42 Å². The van der Waals surface area contributed by atoms with Crippen LogP contribution in [0.25, 0.3) is 0 Å². The first-order valence-electron chi connectivity index (χ1n) is 4.95. The molecule has 8 heteroatoms. The smallest absolute Gasteiger partial charge is 0.265 e. The number of sulfonamides is 1. The van der Waals surface area contributed by atoms with Crippen molar-refractivity contribution in [3.05, 3.63) is 35.6 Å². The number of benzene rings is 1. The van der Waals surface area contributed by atoms with Gasteiger partial charge in [0, 0.05) is 18.3 Å². The lowest BCUT2D eigenvalue weighted by atomic mass is 10.3. The molecule has 2 rings (SSSR count). The van der Waals surface area contributed by atoms with Crippen LogP contribution in [0.3, 0.4) is 0 Å². The molecule has 0 saturated heterocycles. The maximum atomic E-state index is 12.0. The second-order valence-electron chi connectivity index (χ2n) is 3.69. The highest BCUT2D eigenvalue weighted by atomic mass is 35.5. The fourth-order valence-corrected chi connectivity index (χ4v) is 2.62. The molecule has 0 saturated carbocycles. The van der Waals surface area contributed by atoms with Crippen LogP contribution in [-0.4, -0.2) is 18.2 Å². The molecule has 1 aromatic carbocycles. The van der Waals surface area contributed by atoms with Gasteiger partial charge in [0.05, 0.1) is 17.6 Å². The summed E-state index contributed by atoms with van der Waals surface area (Å²) in [5.41, 5.74) is 6.22. The second-order valence-corrected chi connectivity index (χ2v) is 5.81. The predicted molar refractivity (Wildman–Crippen MR) is 69.9 cm³/mol. The van der Waals surface area contributed by atoms with Gasteiger partial charge in [-0.15, -0.1) is 0 Å². The van der Waals surface area contributed by atoms with Gasteiger partial charge in [-0.05, 0) is 18.2 Å². The highest BCUT2D eigenvalue weighted by Crippen LogP contribution is 2.25. The van der Waals surface area contributed by atoms with Crippen LogP contribution in [0.5, 0.6) is 0 Å². The van der Waals surface area contributed by atoms with Crippen molar-refractivity contribution in [2.75, 3.05) is 10.5 Å². The molecule has 1 aromatic heterocycles. The number of nitrogen functional groups attached to an aromatic ring is 1.